The quantitative estimate of drug-likeness (QED) is 0.491. The Labute approximate surface area is 130 Å². The van der Waals surface area contributed by atoms with Crippen molar-refractivity contribution in [3.63, 3.8) is 0 Å². The second-order valence-electron chi connectivity index (χ2n) is 4.84. The fraction of sp³-hybridized carbons (Fsp3) is 0.429. The molecule has 1 rings (SSSR count). The van der Waals surface area contributed by atoms with Gasteiger partial charge in [0.1, 0.15) is 0 Å². The lowest BCUT2D eigenvalue weighted by Gasteiger charge is -2.17. The minimum absolute atomic E-state index is 0.0254. The number of rotatable bonds is 8. The van der Waals surface area contributed by atoms with Crippen molar-refractivity contribution in [3.05, 3.63) is 29.8 Å². The molecule has 0 aromatic heterocycles. The van der Waals surface area contributed by atoms with Crippen LogP contribution in [0.1, 0.15) is 38.2 Å². The molecule has 1 aromatic carbocycles. The summed E-state index contributed by atoms with van der Waals surface area (Å²) in [7, 11) is -3.79. The molecule has 0 aliphatic heterocycles. The van der Waals surface area contributed by atoms with E-state index in [1.807, 2.05) is 13.0 Å². The van der Waals surface area contributed by atoms with Crippen LogP contribution in [-0.4, -0.2) is 25.6 Å². The van der Waals surface area contributed by atoms with Crippen molar-refractivity contribution in [2.24, 2.45) is 0 Å². The summed E-state index contributed by atoms with van der Waals surface area (Å²) in [6, 6.07) is 6.81. The molecule has 0 radical (unpaired) electrons. The minimum Gasteiger partial charge on any atom is -0.289 e. The van der Waals surface area contributed by atoms with E-state index >= 15 is 0 Å². The summed E-state index contributed by atoms with van der Waals surface area (Å²) in [5.41, 5.74) is 1.86. The first-order valence-electron chi connectivity index (χ1n) is 6.88. The molecule has 0 saturated carbocycles. The first-order valence-corrected chi connectivity index (χ1v) is 8.36. The molecule has 1 atom stereocenters. The average Bonchev–Trinajstić information content (AvgIpc) is 2.52. The number of amides is 1. The number of benzene rings is 1. The van der Waals surface area contributed by atoms with Gasteiger partial charge in [0.15, 0.2) is 0 Å². The van der Waals surface area contributed by atoms with E-state index in [2.05, 4.69) is 4.72 Å². The molecule has 8 heteroatoms. The summed E-state index contributed by atoms with van der Waals surface area (Å²) >= 11 is 0. The van der Waals surface area contributed by atoms with Crippen molar-refractivity contribution >= 4 is 15.9 Å². The third-order valence-electron chi connectivity index (χ3n) is 3.08. The summed E-state index contributed by atoms with van der Waals surface area (Å²) < 4.78 is 27.0. The molecule has 1 aromatic rings. The van der Waals surface area contributed by atoms with Crippen molar-refractivity contribution in [1.29, 1.82) is 5.26 Å². The number of carbonyl (C=O) groups excluding carboxylic acids is 1. The molecule has 120 valence electrons. The maximum atomic E-state index is 12.3. The van der Waals surface area contributed by atoms with Crippen LogP contribution in [-0.2, 0) is 14.8 Å². The normalized spacial score (nSPS) is 12.4. The third-order valence-corrected chi connectivity index (χ3v) is 4.61. The van der Waals surface area contributed by atoms with Crippen LogP contribution in [0.3, 0.4) is 0 Å². The molecule has 22 heavy (non-hydrogen) atoms. The third kappa shape index (κ3) is 5.44. The Bertz CT molecular complexity index is 635. The van der Waals surface area contributed by atoms with Gasteiger partial charge < -0.3 is 0 Å². The van der Waals surface area contributed by atoms with Gasteiger partial charge in [0.2, 0.25) is 15.9 Å². The Morgan fingerprint density at radius 2 is 2.00 bits per heavy atom. The van der Waals surface area contributed by atoms with Gasteiger partial charge in [0.05, 0.1) is 16.5 Å². The Hall–Kier alpha value is -1.95. The highest BCUT2D eigenvalue weighted by molar-refractivity contribution is 7.89. The molecule has 7 nitrogen and oxygen atoms in total. The molecular weight excluding hydrogens is 306 g/mol. The number of sulfonamides is 1. The van der Waals surface area contributed by atoms with E-state index < -0.39 is 22.0 Å². The number of unbranched alkanes of at least 4 members (excludes halogenated alkanes) is 1. The van der Waals surface area contributed by atoms with Crippen LogP contribution in [0.15, 0.2) is 29.2 Å². The molecule has 1 amide bonds. The van der Waals surface area contributed by atoms with Crippen LogP contribution >= 0.6 is 0 Å². The van der Waals surface area contributed by atoms with Gasteiger partial charge in [-0.05, 0) is 30.7 Å². The average molecular weight is 325 g/mol. The van der Waals surface area contributed by atoms with Crippen LogP contribution in [0.2, 0.25) is 0 Å². The molecule has 0 saturated heterocycles. The first kappa shape index (κ1) is 18.1. The number of nitriles is 1. The molecular formula is C14H19N3O4S. The number of nitrogens with zero attached hydrogens (tertiary/aromatic N) is 1. The monoisotopic (exact) mass is 325 g/mol. The summed E-state index contributed by atoms with van der Waals surface area (Å²) in [5, 5.41) is 17.3. The predicted octanol–water partition coefficient (Wildman–Crippen LogP) is 1.29. The van der Waals surface area contributed by atoms with Gasteiger partial charge in [-0.2, -0.15) is 5.26 Å². The Kier molecular flexibility index (Phi) is 6.98. The summed E-state index contributed by atoms with van der Waals surface area (Å²) in [6.45, 7) is 1.96. The van der Waals surface area contributed by atoms with Crippen LogP contribution < -0.4 is 10.2 Å². The van der Waals surface area contributed by atoms with Crippen molar-refractivity contribution < 1.29 is 18.4 Å². The second kappa shape index (κ2) is 8.48. The van der Waals surface area contributed by atoms with Gasteiger partial charge in [-0.1, -0.05) is 19.8 Å². The molecule has 0 unspecified atom stereocenters. The topological polar surface area (TPSA) is 119 Å². The molecule has 0 bridgehead atoms. The van der Waals surface area contributed by atoms with Crippen molar-refractivity contribution in [2.75, 3.05) is 0 Å². The summed E-state index contributed by atoms with van der Waals surface area (Å²) in [6.07, 6.45) is 1.94. The van der Waals surface area contributed by atoms with Gasteiger partial charge in [0, 0.05) is 12.5 Å². The molecule has 0 aliphatic carbocycles. The van der Waals surface area contributed by atoms with E-state index in [9.17, 15) is 13.2 Å². The zero-order chi connectivity index (χ0) is 16.6. The van der Waals surface area contributed by atoms with E-state index in [1.165, 1.54) is 29.7 Å². The fourth-order valence-electron chi connectivity index (χ4n) is 1.92. The van der Waals surface area contributed by atoms with Crippen LogP contribution in [0, 0.1) is 11.3 Å². The van der Waals surface area contributed by atoms with Crippen LogP contribution in [0.4, 0.5) is 0 Å². The highest BCUT2D eigenvalue weighted by Gasteiger charge is 2.21. The molecule has 0 aliphatic rings. The Morgan fingerprint density at radius 1 is 1.36 bits per heavy atom. The predicted molar refractivity (Wildman–Crippen MR) is 79.3 cm³/mol. The number of hydrogen-bond donors (Lipinski definition) is 3. The summed E-state index contributed by atoms with van der Waals surface area (Å²) in [4.78, 5) is 11.3. The first-order chi connectivity index (χ1) is 10.4. The van der Waals surface area contributed by atoms with E-state index in [4.69, 9.17) is 10.5 Å². The maximum absolute atomic E-state index is 12.3. The zero-order valence-electron chi connectivity index (χ0n) is 12.2. The highest BCUT2D eigenvalue weighted by atomic mass is 32.2. The van der Waals surface area contributed by atoms with Crippen molar-refractivity contribution in [1.82, 2.24) is 10.2 Å². The molecule has 0 spiro atoms. The number of nitrogens with one attached hydrogen (secondary N) is 2. The standard InChI is InChI=1S/C14H19N3O4S/c1-2-3-4-12(9-14(18)16-19)17-22(20,21)13-7-5-11(10-15)6-8-13/h5-8,12,17,19H,2-4,9H2,1H3,(H,16,18)/t12-/m0/s1. The van der Waals surface area contributed by atoms with Gasteiger partial charge in [-0.15, -0.1) is 0 Å². The Morgan fingerprint density at radius 3 is 2.50 bits per heavy atom. The van der Waals surface area contributed by atoms with Crippen LogP contribution in [0.5, 0.6) is 0 Å². The van der Waals surface area contributed by atoms with E-state index in [0.29, 0.717) is 12.0 Å². The number of hydroxylamine groups is 1. The van der Waals surface area contributed by atoms with Gasteiger partial charge >= 0.3 is 0 Å². The lowest BCUT2D eigenvalue weighted by atomic mass is 10.1. The lowest BCUT2D eigenvalue weighted by molar-refractivity contribution is -0.129. The van der Waals surface area contributed by atoms with E-state index in [-0.39, 0.29) is 11.3 Å². The molecule has 3 N–H and O–H groups in total. The molecule has 0 heterocycles. The van der Waals surface area contributed by atoms with E-state index in [0.717, 1.165) is 12.8 Å². The second-order valence-corrected chi connectivity index (χ2v) is 6.55. The fourth-order valence-corrected chi connectivity index (χ4v) is 3.19. The molecule has 0 fully saturated rings. The highest BCUT2D eigenvalue weighted by Crippen LogP contribution is 2.13. The Balaban J connectivity index is 2.88. The van der Waals surface area contributed by atoms with Gasteiger partial charge in [-0.3, -0.25) is 10.0 Å². The minimum atomic E-state index is -3.79. The van der Waals surface area contributed by atoms with E-state index in [1.54, 1.807) is 0 Å². The lowest BCUT2D eigenvalue weighted by Crippen LogP contribution is -2.38. The summed E-state index contributed by atoms with van der Waals surface area (Å²) in [5.74, 6) is -0.649. The van der Waals surface area contributed by atoms with Crippen molar-refractivity contribution in [2.45, 2.75) is 43.5 Å². The number of carbonyl (C=O) groups is 1. The van der Waals surface area contributed by atoms with Crippen LogP contribution in [0.25, 0.3) is 0 Å². The van der Waals surface area contributed by atoms with Gasteiger partial charge in [-0.25, -0.2) is 18.6 Å². The SMILES string of the molecule is CCCC[C@@H](CC(=O)NO)NS(=O)(=O)c1ccc(C#N)cc1. The smallest absolute Gasteiger partial charge is 0.244 e. The van der Waals surface area contributed by atoms with Gasteiger partial charge in [0.25, 0.3) is 0 Å². The maximum Gasteiger partial charge on any atom is 0.244 e. The largest absolute Gasteiger partial charge is 0.289 e. The number of hydrogen-bond acceptors (Lipinski definition) is 5. The van der Waals surface area contributed by atoms with Crippen molar-refractivity contribution in [3.8, 4) is 6.07 Å². The zero-order valence-corrected chi connectivity index (χ0v) is 13.1.